The van der Waals surface area contributed by atoms with E-state index < -0.39 is 58.1 Å². The predicted octanol–water partition coefficient (Wildman–Crippen LogP) is 6.87. The number of aryl methyl sites for hydroxylation is 1. The van der Waals surface area contributed by atoms with Crippen LogP contribution in [-0.2, 0) is 27.4 Å². The van der Waals surface area contributed by atoms with Crippen LogP contribution in [0.2, 0.25) is 0 Å². The van der Waals surface area contributed by atoms with Gasteiger partial charge in [-0.3, -0.25) is 19.9 Å². The van der Waals surface area contributed by atoms with Crippen LogP contribution in [-0.4, -0.2) is 29.9 Å². The third-order valence-corrected chi connectivity index (χ3v) is 7.74. The van der Waals surface area contributed by atoms with E-state index in [9.17, 15) is 40.3 Å². The summed E-state index contributed by atoms with van der Waals surface area (Å²) in [5, 5.41) is 3.10. The molecule has 2 atom stereocenters. The van der Waals surface area contributed by atoms with Gasteiger partial charge in [-0.15, -0.1) is 12.4 Å². The van der Waals surface area contributed by atoms with Crippen molar-refractivity contribution in [3.8, 4) is 11.1 Å². The van der Waals surface area contributed by atoms with Crippen molar-refractivity contribution in [1.29, 1.82) is 0 Å². The number of hydrogen-bond donors (Lipinski definition) is 2. The number of amides is 2. The fraction of sp³-hybridized carbons (Fsp3) is 0.367. The lowest BCUT2D eigenvalue weighted by Crippen LogP contribution is -2.42. The molecular formula is C30H30ClF7N4O2. The molecule has 1 aliphatic heterocycles. The number of nitrogens with one attached hydrogen (secondary N) is 1. The molecule has 3 N–H and O–H groups in total. The molecule has 44 heavy (non-hydrogen) atoms. The zero-order valence-corrected chi connectivity index (χ0v) is 24.8. The first-order chi connectivity index (χ1) is 19.8. The van der Waals surface area contributed by atoms with Crippen molar-refractivity contribution in [1.82, 2.24) is 10.3 Å². The minimum absolute atomic E-state index is 0. The van der Waals surface area contributed by atoms with E-state index in [-0.39, 0.29) is 30.2 Å². The first-order valence-electron chi connectivity index (χ1n) is 13.2. The Morgan fingerprint density at radius 3 is 1.98 bits per heavy atom. The summed E-state index contributed by atoms with van der Waals surface area (Å²) in [6.45, 7) is 4.11. The summed E-state index contributed by atoms with van der Waals surface area (Å²) in [5.41, 5.74) is 2.12. The second-order valence-electron chi connectivity index (χ2n) is 11.1. The minimum Gasteiger partial charge on any atom is -0.368 e. The van der Waals surface area contributed by atoms with Crippen LogP contribution in [0, 0.1) is 12.7 Å². The average Bonchev–Trinajstić information content (AvgIpc) is 3.42. The topological polar surface area (TPSA) is 88.3 Å². The lowest BCUT2D eigenvalue weighted by Gasteiger charge is -2.32. The third-order valence-electron chi connectivity index (χ3n) is 7.74. The number of primary amides is 1. The number of nitrogens with zero attached hydrogens (tertiary/aromatic N) is 2. The molecule has 1 aromatic heterocycles. The van der Waals surface area contributed by atoms with E-state index in [0.29, 0.717) is 47.4 Å². The van der Waals surface area contributed by atoms with Crippen molar-refractivity contribution >= 4 is 29.9 Å². The number of halogens is 8. The third kappa shape index (κ3) is 6.99. The number of likely N-dealkylation sites (N-methyl/N-ethyl adjacent to an activating group) is 1. The van der Waals surface area contributed by atoms with Crippen molar-refractivity contribution in [3.05, 3.63) is 82.4 Å². The molecule has 0 bridgehead atoms. The highest BCUT2D eigenvalue weighted by atomic mass is 35.5. The van der Waals surface area contributed by atoms with Crippen LogP contribution >= 0.6 is 12.4 Å². The number of alkyl halides is 6. The molecule has 0 spiro atoms. The van der Waals surface area contributed by atoms with Gasteiger partial charge in [-0.25, -0.2) is 4.39 Å². The highest BCUT2D eigenvalue weighted by Crippen LogP contribution is 2.41. The number of carbonyl (C=O) groups is 2. The van der Waals surface area contributed by atoms with Crippen LogP contribution in [0.4, 0.5) is 36.4 Å². The summed E-state index contributed by atoms with van der Waals surface area (Å²) < 4.78 is 95.3. The molecule has 2 heterocycles. The average molecular weight is 647 g/mol. The number of rotatable bonds is 6. The van der Waals surface area contributed by atoms with E-state index in [0.717, 1.165) is 4.90 Å². The first kappa shape index (κ1) is 34.8. The molecule has 1 saturated heterocycles. The Bertz CT molecular complexity index is 1540. The quantitative estimate of drug-likeness (QED) is 0.286. The number of carbonyl (C=O) groups excluding carboxylic acids is 2. The molecule has 0 saturated carbocycles. The van der Waals surface area contributed by atoms with Crippen LogP contribution in [0.1, 0.15) is 60.7 Å². The molecule has 2 unspecified atom stereocenters. The second-order valence-corrected chi connectivity index (χ2v) is 11.1. The molecule has 0 radical (unpaired) electrons. The number of pyridine rings is 1. The zero-order valence-electron chi connectivity index (χ0n) is 24.0. The maximum atomic E-state index is 14.0. The van der Waals surface area contributed by atoms with Gasteiger partial charge in [0, 0.05) is 12.6 Å². The molecule has 238 valence electrons. The van der Waals surface area contributed by atoms with Crippen LogP contribution in [0.3, 0.4) is 0 Å². The van der Waals surface area contributed by atoms with Gasteiger partial charge in [-0.2, -0.15) is 26.3 Å². The minimum atomic E-state index is -5.09. The van der Waals surface area contributed by atoms with Gasteiger partial charge in [-0.1, -0.05) is 6.07 Å². The van der Waals surface area contributed by atoms with Gasteiger partial charge in [0.25, 0.3) is 0 Å². The summed E-state index contributed by atoms with van der Waals surface area (Å²) in [6.07, 6.45) is -7.82. The predicted molar refractivity (Wildman–Crippen MR) is 153 cm³/mol. The molecule has 1 fully saturated rings. The number of nitrogens with two attached hydrogens (primary N) is 1. The Hall–Kier alpha value is -3.71. The van der Waals surface area contributed by atoms with Crippen molar-refractivity contribution in [3.63, 3.8) is 0 Å². The fourth-order valence-electron chi connectivity index (χ4n) is 5.24. The summed E-state index contributed by atoms with van der Waals surface area (Å²) >= 11 is 0. The van der Waals surface area contributed by atoms with Gasteiger partial charge < -0.3 is 10.6 Å². The Balaban J connectivity index is 0.00000529. The normalized spacial score (nSPS) is 17.2. The molecule has 4 rings (SSSR count). The van der Waals surface area contributed by atoms with Gasteiger partial charge in [0.2, 0.25) is 11.8 Å². The second kappa shape index (κ2) is 12.4. The van der Waals surface area contributed by atoms with Gasteiger partial charge in [0.15, 0.2) is 0 Å². The van der Waals surface area contributed by atoms with E-state index >= 15 is 0 Å². The standard InChI is InChI=1S/C30H29F7N4O2.ClH/c1-15-9-19(31)5-6-20(15)21-13-24(22-7-8-23(40-22)26(38)42)39-14-25(21)41(4)27(43)28(2,3)16-10-17(29(32,33)34)12-18(11-16)30(35,36)37;/h5-6,9-14,22-23,40H,7-8H2,1-4H3,(H2,38,42);1H. The lowest BCUT2D eigenvalue weighted by atomic mass is 9.81. The number of hydrogen-bond acceptors (Lipinski definition) is 4. The monoisotopic (exact) mass is 646 g/mol. The van der Waals surface area contributed by atoms with Crippen LogP contribution in [0.15, 0.2) is 48.7 Å². The summed E-state index contributed by atoms with van der Waals surface area (Å²) in [7, 11) is 1.33. The maximum Gasteiger partial charge on any atom is 0.416 e. The number of anilines is 1. The molecule has 6 nitrogen and oxygen atoms in total. The SMILES string of the molecule is Cc1cc(F)ccc1-c1cc(C2CCC(C(N)=O)N2)ncc1N(C)C(=O)C(C)(C)c1cc(C(F)(F)F)cc(C(F)(F)F)c1.Cl. The van der Waals surface area contributed by atoms with Gasteiger partial charge in [0.05, 0.1) is 46.2 Å². The van der Waals surface area contributed by atoms with E-state index in [2.05, 4.69) is 10.3 Å². The fourth-order valence-corrected chi connectivity index (χ4v) is 5.24. The Morgan fingerprint density at radius 1 is 0.909 bits per heavy atom. The largest absolute Gasteiger partial charge is 0.416 e. The summed E-state index contributed by atoms with van der Waals surface area (Å²) in [4.78, 5) is 31.1. The van der Waals surface area contributed by atoms with E-state index in [1.165, 1.54) is 45.3 Å². The van der Waals surface area contributed by atoms with E-state index in [1.807, 2.05) is 0 Å². The summed E-state index contributed by atoms with van der Waals surface area (Å²) in [5.74, 6) is -1.85. The zero-order chi connectivity index (χ0) is 32.1. The van der Waals surface area contributed by atoms with Gasteiger partial charge in [0.1, 0.15) is 5.82 Å². The van der Waals surface area contributed by atoms with E-state index in [1.54, 1.807) is 13.0 Å². The highest BCUT2D eigenvalue weighted by Gasteiger charge is 2.41. The Labute approximate surface area is 255 Å². The van der Waals surface area contributed by atoms with Crippen LogP contribution in [0.5, 0.6) is 0 Å². The smallest absolute Gasteiger partial charge is 0.368 e. The van der Waals surface area contributed by atoms with Crippen molar-refractivity contribution in [2.75, 3.05) is 11.9 Å². The maximum absolute atomic E-state index is 14.0. The Kier molecular flexibility index (Phi) is 9.76. The van der Waals surface area contributed by atoms with Gasteiger partial charge in [-0.05, 0) is 86.7 Å². The first-order valence-corrected chi connectivity index (χ1v) is 13.2. The van der Waals surface area contributed by atoms with Crippen molar-refractivity contribution in [2.24, 2.45) is 5.73 Å². The molecule has 3 aromatic rings. The molecule has 0 aliphatic carbocycles. The molecule has 2 aromatic carbocycles. The highest BCUT2D eigenvalue weighted by molar-refractivity contribution is 6.03. The van der Waals surface area contributed by atoms with E-state index in [4.69, 9.17) is 5.73 Å². The molecular weight excluding hydrogens is 617 g/mol. The van der Waals surface area contributed by atoms with Crippen LogP contribution in [0.25, 0.3) is 11.1 Å². The molecule has 2 amide bonds. The molecule has 14 heteroatoms. The Morgan fingerprint density at radius 2 is 1.48 bits per heavy atom. The number of benzene rings is 2. The molecule has 1 aliphatic rings. The number of aromatic nitrogens is 1. The van der Waals surface area contributed by atoms with Gasteiger partial charge >= 0.3 is 12.4 Å². The lowest BCUT2D eigenvalue weighted by molar-refractivity contribution is -0.143. The van der Waals surface area contributed by atoms with Crippen molar-refractivity contribution < 1.29 is 40.3 Å². The summed E-state index contributed by atoms with van der Waals surface area (Å²) in [6, 6.07) is 5.79. The van der Waals surface area contributed by atoms with Crippen molar-refractivity contribution in [2.45, 2.75) is 63.5 Å². The van der Waals surface area contributed by atoms with Crippen LogP contribution < -0.4 is 16.0 Å².